The summed E-state index contributed by atoms with van der Waals surface area (Å²) in [7, 11) is 0. The van der Waals surface area contributed by atoms with Crippen LogP contribution in [0.2, 0.25) is 0 Å². The van der Waals surface area contributed by atoms with Crippen LogP contribution in [0.5, 0.6) is 0 Å². The minimum atomic E-state index is -0.505. The Labute approximate surface area is 123 Å². The van der Waals surface area contributed by atoms with Crippen molar-refractivity contribution in [1.82, 2.24) is 10.6 Å². The van der Waals surface area contributed by atoms with Crippen LogP contribution in [0.1, 0.15) is 52.9 Å². The van der Waals surface area contributed by atoms with Gasteiger partial charge in [-0.25, -0.2) is 0 Å². The number of nitrogens with one attached hydrogen (secondary N) is 2. The Morgan fingerprint density at radius 2 is 2.00 bits per heavy atom. The number of amides is 1. The van der Waals surface area contributed by atoms with Crippen molar-refractivity contribution >= 4 is 5.91 Å². The normalized spacial score (nSPS) is 12.7. The zero-order valence-electron chi connectivity index (χ0n) is 13.3. The van der Waals surface area contributed by atoms with Crippen LogP contribution in [0.3, 0.4) is 0 Å². The first-order valence-electron chi connectivity index (χ1n) is 7.82. The van der Waals surface area contributed by atoms with Gasteiger partial charge in [-0.05, 0) is 20.3 Å². The van der Waals surface area contributed by atoms with Crippen molar-refractivity contribution in [3.05, 3.63) is 0 Å². The van der Waals surface area contributed by atoms with Crippen molar-refractivity contribution in [3.63, 3.8) is 0 Å². The van der Waals surface area contributed by atoms with Crippen molar-refractivity contribution in [2.24, 2.45) is 0 Å². The molecule has 0 aromatic rings. The fourth-order valence-corrected chi connectivity index (χ4v) is 1.77. The van der Waals surface area contributed by atoms with Gasteiger partial charge in [-0.2, -0.15) is 0 Å². The molecule has 1 unspecified atom stereocenters. The summed E-state index contributed by atoms with van der Waals surface area (Å²) in [6, 6.07) is 0.175. The van der Waals surface area contributed by atoms with Crippen LogP contribution in [0, 0.1) is 0 Å². The molecule has 0 aliphatic heterocycles. The van der Waals surface area contributed by atoms with Crippen molar-refractivity contribution in [3.8, 4) is 0 Å². The Kier molecular flexibility index (Phi) is 12.9. The molecule has 0 spiro atoms. The Hall–Kier alpha value is -0.650. The lowest BCUT2D eigenvalue weighted by atomic mass is 10.2. The van der Waals surface area contributed by atoms with E-state index >= 15 is 0 Å². The standard InChI is InChI=1S/C15H32N2O3/c1-4-5-6-7-10-20-12-14(18)11-16-9-8-15(19)17-13(2)3/h13-14,16,18H,4-12H2,1-3H3,(H,17,19). The average Bonchev–Trinajstić information content (AvgIpc) is 2.38. The van der Waals surface area contributed by atoms with Crippen LogP contribution < -0.4 is 10.6 Å². The van der Waals surface area contributed by atoms with Crippen LogP contribution in [0.4, 0.5) is 0 Å². The van der Waals surface area contributed by atoms with E-state index in [-0.39, 0.29) is 11.9 Å². The van der Waals surface area contributed by atoms with E-state index in [1.807, 2.05) is 13.8 Å². The number of unbranched alkanes of at least 4 members (excludes halogenated alkanes) is 3. The van der Waals surface area contributed by atoms with E-state index in [0.717, 1.165) is 6.42 Å². The molecule has 0 fully saturated rings. The third-order valence-corrected chi connectivity index (χ3v) is 2.81. The minimum Gasteiger partial charge on any atom is -0.389 e. The molecular formula is C15H32N2O3. The minimum absolute atomic E-state index is 0.0363. The van der Waals surface area contributed by atoms with Crippen LogP contribution in [-0.2, 0) is 9.53 Å². The van der Waals surface area contributed by atoms with Gasteiger partial charge < -0.3 is 20.5 Å². The van der Waals surface area contributed by atoms with Gasteiger partial charge in [-0.3, -0.25) is 4.79 Å². The van der Waals surface area contributed by atoms with E-state index in [9.17, 15) is 9.90 Å². The summed E-state index contributed by atoms with van der Waals surface area (Å²) < 4.78 is 5.40. The average molecular weight is 288 g/mol. The molecule has 0 aromatic heterocycles. The SMILES string of the molecule is CCCCCCOCC(O)CNCCC(=O)NC(C)C. The summed E-state index contributed by atoms with van der Waals surface area (Å²) in [5.41, 5.74) is 0. The molecule has 0 heterocycles. The molecule has 5 heteroatoms. The van der Waals surface area contributed by atoms with Gasteiger partial charge in [-0.1, -0.05) is 26.2 Å². The maximum atomic E-state index is 11.4. The summed E-state index contributed by atoms with van der Waals surface area (Å²) in [5.74, 6) is 0.0363. The molecule has 20 heavy (non-hydrogen) atoms. The largest absolute Gasteiger partial charge is 0.389 e. The first-order chi connectivity index (χ1) is 9.56. The number of ether oxygens (including phenoxy) is 1. The predicted molar refractivity (Wildman–Crippen MR) is 81.7 cm³/mol. The second kappa shape index (κ2) is 13.3. The highest BCUT2D eigenvalue weighted by atomic mass is 16.5. The lowest BCUT2D eigenvalue weighted by molar-refractivity contribution is -0.121. The Bertz CT molecular complexity index is 235. The summed E-state index contributed by atoms with van der Waals surface area (Å²) in [6.07, 6.45) is 4.64. The molecular weight excluding hydrogens is 256 g/mol. The van der Waals surface area contributed by atoms with E-state index in [1.165, 1.54) is 19.3 Å². The summed E-state index contributed by atoms with van der Waals surface area (Å²) >= 11 is 0. The third kappa shape index (κ3) is 13.8. The number of carbonyl (C=O) groups excluding carboxylic acids is 1. The molecule has 0 aromatic carbocycles. The summed E-state index contributed by atoms with van der Waals surface area (Å²) in [4.78, 5) is 11.4. The topological polar surface area (TPSA) is 70.6 Å². The maximum Gasteiger partial charge on any atom is 0.221 e. The van der Waals surface area contributed by atoms with E-state index in [1.54, 1.807) is 0 Å². The third-order valence-electron chi connectivity index (χ3n) is 2.81. The second-order valence-corrected chi connectivity index (χ2v) is 5.47. The van der Waals surface area contributed by atoms with Gasteiger partial charge in [0.2, 0.25) is 5.91 Å². The summed E-state index contributed by atoms with van der Waals surface area (Å²) in [5, 5.41) is 15.6. The molecule has 1 atom stereocenters. The van der Waals surface area contributed by atoms with Gasteiger partial charge in [0.05, 0.1) is 12.7 Å². The van der Waals surface area contributed by atoms with Crippen LogP contribution in [0.25, 0.3) is 0 Å². The molecule has 0 saturated heterocycles. The number of hydrogen-bond acceptors (Lipinski definition) is 4. The number of rotatable bonds is 13. The smallest absolute Gasteiger partial charge is 0.221 e. The molecule has 5 nitrogen and oxygen atoms in total. The number of carbonyl (C=O) groups is 1. The fraction of sp³-hybridized carbons (Fsp3) is 0.933. The van der Waals surface area contributed by atoms with Gasteiger partial charge in [0.15, 0.2) is 0 Å². The highest BCUT2D eigenvalue weighted by Gasteiger charge is 2.05. The second-order valence-electron chi connectivity index (χ2n) is 5.47. The molecule has 0 aliphatic carbocycles. The number of aliphatic hydroxyl groups is 1. The number of hydrogen-bond donors (Lipinski definition) is 3. The molecule has 120 valence electrons. The predicted octanol–water partition coefficient (Wildman–Crippen LogP) is 1.45. The van der Waals surface area contributed by atoms with Gasteiger partial charge in [0, 0.05) is 32.2 Å². The van der Waals surface area contributed by atoms with E-state index in [0.29, 0.717) is 32.7 Å². The van der Waals surface area contributed by atoms with Crippen molar-refractivity contribution in [2.75, 3.05) is 26.3 Å². The zero-order chi connectivity index (χ0) is 15.2. The van der Waals surface area contributed by atoms with Crippen molar-refractivity contribution in [1.29, 1.82) is 0 Å². The van der Waals surface area contributed by atoms with E-state index in [4.69, 9.17) is 4.74 Å². The van der Waals surface area contributed by atoms with E-state index < -0.39 is 6.10 Å². The van der Waals surface area contributed by atoms with Crippen molar-refractivity contribution in [2.45, 2.75) is 65.0 Å². The highest BCUT2D eigenvalue weighted by Crippen LogP contribution is 1.99. The Morgan fingerprint density at radius 1 is 1.25 bits per heavy atom. The first kappa shape index (κ1) is 19.4. The molecule has 0 rings (SSSR count). The lowest BCUT2D eigenvalue weighted by Crippen LogP contribution is -2.35. The molecule has 0 radical (unpaired) electrons. The molecule has 0 aliphatic rings. The molecule has 1 amide bonds. The quantitative estimate of drug-likeness (QED) is 0.449. The highest BCUT2D eigenvalue weighted by molar-refractivity contribution is 5.76. The van der Waals surface area contributed by atoms with Crippen LogP contribution in [0.15, 0.2) is 0 Å². The molecule has 0 saturated carbocycles. The number of aliphatic hydroxyl groups excluding tert-OH is 1. The first-order valence-corrected chi connectivity index (χ1v) is 7.82. The lowest BCUT2D eigenvalue weighted by Gasteiger charge is -2.13. The zero-order valence-corrected chi connectivity index (χ0v) is 13.3. The van der Waals surface area contributed by atoms with Crippen LogP contribution in [-0.4, -0.2) is 49.5 Å². The van der Waals surface area contributed by atoms with E-state index in [2.05, 4.69) is 17.6 Å². The Morgan fingerprint density at radius 3 is 2.65 bits per heavy atom. The fourth-order valence-electron chi connectivity index (χ4n) is 1.77. The maximum absolute atomic E-state index is 11.4. The molecule has 3 N–H and O–H groups in total. The van der Waals surface area contributed by atoms with Gasteiger partial charge in [0.25, 0.3) is 0 Å². The molecule has 0 bridgehead atoms. The Balaban J connectivity index is 3.32. The van der Waals surface area contributed by atoms with Gasteiger partial charge in [-0.15, -0.1) is 0 Å². The van der Waals surface area contributed by atoms with Crippen molar-refractivity contribution < 1.29 is 14.6 Å². The monoisotopic (exact) mass is 288 g/mol. The van der Waals surface area contributed by atoms with Crippen LogP contribution >= 0.6 is 0 Å². The van der Waals surface area contributed by atoms with Gasteiger partial charge in [0.1, 0.15) is 0 Å². The van der Waals surface area contributed by atoms with Gasteiger partial charge >= 0.3 is 0 Å². The summed E-state index contributed by atoms with van der Waals surface area (Å²) in [6.45, 7) is 8.17.